The molecule has 0 saturated heterocycles. The lowest BCUT2D eigenvalue weighted by atomic mass is 10.00. The van der Waals surface area contributed by atoms with Gasteiger partial charge in [0.1, 0.15) is 5.82 Å². The fourth-order valence-corrected chi connectivity index (χ4v) is 1.63. The van der Waals surface area contributed by atoms with Crippen LogP contribution in [-0.2, 0) is 6.42 Å². The van der Waals surface area contributed by atoms with Crippen molar-refractivity contribution in [3.05, 3.63) is 78.1 Å². The molecule has 0 atom stereocenters. The second-order valence-corrected chi connectivity index (χ2v) is 3.77. The molecule has 80 valence electrons. The Morgan fingerprint density at radius 1 is 0.938 bits per heavy atom. The predicted octanol–water partition coefficient (Wildman–Crippen LogP) is 4.08. The van der Waals surface area contributed by atoms with E-state index < -0.39 is 0 Å². The van der Waals surface area contributed by atoms with E-state index in [2.05, 4.69) is 18.7 Å². The molecule has 0 aliphatic carbocycles. The molecule has 0 spiro atoms. The highest BCUT2D eigenvalue weighted by molar-refractivity contribution is 5.65. The van der Waals surface area contributed by atoms with Gasteiger partial charge in [-0.3, -0.25) is 0 Å². The van der Waals surface area contributed by atoms with Crippen LogP contribution in [0.4, 0.5) is 4.39 Å². The van der Waals surface area contributed by atoms with Gasteiger partial charge >= 0.3 is 0 Å². The smallest absolute Gasteiger partial charge is 0.123 e. The lowest BCUT2D eigenvalue weighted by Crippen LogP contribution is -1.89. The number of rotatable bonds is 3. The second-order valence-electron chi connectivity index (χ2n) is 3.77. The van der Waals surface area contributed by atoms with Crippen LogP contribution in [0.25, 0.3) is 5.57 Å². The van der Waals surface area contributed by atoms with Gasteiger partial charge in [0, 0.05) is 0 Å². The average Bonchev–Trinajstić information content (AvgIpc) is 2.31. The highest BCUT2D eigenvalue weighted by Crippen LogP contribution is 2.17. The Labute approximate surface area is 95.1 Å². The molecule has 2 aromatic carbocycles. The van der Waals surface area contributed by atoms with E-state index in [-0.39, 0.29) is 5.82 Å². The van der Waals surface area contributed by atoms with Gasteiger partial charge in [0.2, 0.25) is 0 Å². The summed E-state index contributed by atoms with van der Waals surface area (Å²) < 4.78 is 12.7. The largest absolute Gasteiger partial charge is 0.207 e. The lowest BCUT2D eigenvalue weighted by molar-refractivity contribution is 0.627. The zero-order chi connectivity index (χ0) is 11.4. The Balaban J connectivity index is 2.12. The van der Waals surface area contributed by atoms with Gasteiger partial charge in [0.05, 0.1) is 0 Å². The first-order chi connectivity index (χ1) is 7.75. The van der Waals surface area contributed by atoms with E-state index in [9.17, 15) is 4.39 Å². The number of hydrogen-bond donors (Lipinski definition) is 0. The van der Waals surface area contributed by atoms with E-state index >= 15 is 0 Å². The summed E-state index contributed by atoms with van der Waals surface area (Å²) in [6.07, 6.45) is 0.798. The molecule has 2 rings (SSSR count). The minimum atomic E-state index is -0.212. The van der Waals surface area contributed by atoms with E-state index in [0.717, 1.165) is 17.6 Å². The van der Waals surface area contributed by atoms with Gasteiger partial charge < -0.3 is 0 Å². The van der Waals surface area contributed by atoms with E-state index in [1.165, 1.54) is 17.7 Å². The maximum absolute atomic E-state index is 12.7. The van der Waals surface area contributed by atoms with Crippen molar-refractivity contribution in [3.8, 4) is 0 Å². The quantitative estimate of drug-likeness (QED) is 0.719. The van der Waals surface area contributed by atoms with Gasteiger partial charge in [-0.25, -0.2) is 4.39 Å². The molecule has 0 aliphatic heterocycles. The molecule has 0 nitrogen and oxygen atoms in total. The highest BCUT2D eigenvalue weighted by atomic mass is 19.1. The summed E-state index contributed by atoms with van der Waals surface area (Å²) in [4.78, 5) is 0. The van der Waals surface area contributed by atoms with Crippen molar-refractivity contribution in [1.29, 1.82) is 0 Å². The van der Waals surface area contributed by atoms with Crippen molar-refractivity contribution in [2.24, 2.45) is 0 Å². The van der Waals surface area contributed by atoms with E-state index in [1.807, 2.05) is 18.2 Å². The molecule has 2 aromatic rings. The molecule has 0 saturated carbocycles. The maximum Gasteiger partial charge on any atom is 0.123 e. The van der Waals surface area contributed by atoms with Crippen molar-refractivity contribution in [2.45, 2.75) is 6.42 Å². The van der Waals surface area contributed by atoms with Gasteiger partial charge in [0.25, 0.3) is 0 Å². The van der Waals surface area contributed by atoms with Crippen molar-refractivity contribution < 1.29 is 4.39 Å². The highest BCUT2D eigenvalue weighted by Gasteiger charge is 2.00. The zero-order valence-corrected chi connectivity index (χ0v) is 8.99. The third kappa shape index (κ3) is 2.57. The molecule has 16 heavy (non-hydrogen) atoms. The zero-order valence-electron chi connectivity index (χ0n) is 8.99. The van der Waals surface area contributed by atoms with Gasteiger partial charge in [-0.15, -0.1) is 0 Å². The summed E-state index contributed by atoms with van der Waals surface area (Å²) in [6.45, 7) is 4.03. The van der Waals surface area contributed by atoms with E-state index in [0.29, 0.717) is 0 Å². The Hall–Kier alpha value is -1.89. The van der Waals surface area contributed by atoms with E-state index in [4.69, 9.17) is 0 Å². The van der Waals surface area contributed by atoms with Crippen LogP contribution in [0.1, 0.15) is 11.1 Å². The lowest BCUT2D eigenvalue weighted by Gasteiger charge is -2.05. The standard InChI is InChI=1S/C15H13F/c1-12(11-13-5-3-2-4-6-13)14-7-9-15(16)10-8-14/h2-10H,1,11H2. The first kappa shape index (κ1) is 10.6. The van der Waals surface area contributed by atoms with Crippen LogP contribution in [0.5, 0.6) is 0 Å². The minimum absolute atomic E-state index is 0.212. The molecule has 0 amide bonds. The summed E-state index contributed by atoms with van der Waals surface area (Å²) in [7, 11) is 0. The Morgan fingerprint density at radius 2 is 1.56 bits per heavy atom. The summed E-state index contributed by atoms with van der Waals surface area (Å²) in [6, 6.07) is 16.6. The molecule has 0 aliphatic rings. The van der Waals surface area contributed by atoms with Crippen LogP contribution >= 0.6 is 0 Å². The van der Waals surface area contributed by atoms with Crippen molar-refractivity contribution in [3.63, 3.8) is 0 Å². The monoisotopic (exact) mass is 212 g/mol. The predicted molar refractivity (Wildman–Crippen MR) is 65.6 cm³/mol. The van der Waals surface area contributed by atoms with Gasteiger partial charge in [-0.2, -0.15) is 0 Å². The summed E-state index contributed by atoms with van der Waals surface area (Å²) in [5.41, 5.74) is 3.22. The molecule has 0 radical (unpaired) electrons. The first-order valence-electron chi connectivity index (χ1n) is 5.23. The fourth-order valence-electron chi connectivity index (χ4n) is 1.63. The first-order valence-corrected chi connectivity index (χ1v) is 5.23. The average molecular weight is 212 g/mol. The van der Waals surface area contributed by atoms with E-state index in [1.54, 1.807) is 12.1 Å². The molecule has 0 bridgehead atoms. The van der Waals surface area contributed by atoms with Gasteiger partial charge in [0.15, 0.2) is 0 Å². The van der Waals surface area contributed by atoms with Crippen molar-refractivity contribution in [2.75, 3.05) is 0 Å². The Kier molecular flexibility index (Phi) is 3.16. The van der Waals surface area contributed by atoms with Crippen LogP contribution in [0.2, 0.25) is 0 Å². The Morgan fingerprint density at radius 3 is 2.19 bits per heavy atom. The van der Waals surface area contributed by atoms with Crippen LogP contribution in [-0.4, -0.2) is 0 Å². The Bertz CT molecular complexity index is 469. The van der Waals surface area contributed by atoms with Gasteiger partial charge in [-0.1, -0.05) is 49.0 Å². The number of benzene rings is 2. The molecular formula is C15H13F. The summed E-state index contributed by atoms with van der Waals surface area (Å²) in [5, 5.41) is 0. The number of allylic oxidation sites excluding steroid dienone is 1. The molecule has 0 heterocycles. The third-order valence-electron chi connectivity index (χ3n) is 2.51. The molecule has 0 N–H and O–H groups in total. The molecule has 0 aromatic heterocycles. The summed E-state index contributed by atoms with van der Waals surface area (Å²) in [5.74, 6) is -0.212. The van der Waals surface area contributed by atoms with Gasteiger partial charge in [-0.05, 0) is 35.3 Å². The van der Waals surface area contributed by atoms with Crippen LogP contribution in [0.3, 0.4) is 0 Å². The third-order valence-corrected chi connectivity index (χ3v) is 2.51. The van der Waals surface area contributed by atoms with Crippen LogP contribution < -0.4 is 0 Å². The molecule has 0 fully saturated rings. The maximum atomic E-state index is 12.7. The van der Waals surface area contributed by atoms with Crippen LogP contribution in [0.15, 0.2) is 61.2 Å². The number of halogens is 1. The SMILES string of the molecule is C=C(Cc1ccccc1)c1ccc(F)cc1. The van der Waals surface area contributed by atoms with Crippen molar-refractivity contribution >= 4 is 5.57 Å². The topological polar surface area (TPSA) is 0 Å². The minimum Gasteiger partial charge on any atom is -0.207 e. The van der Waals surface area contributed by atoms with Crippen LogP contribution in [0, 0.1) is 5.82 Å². The summed E-state index contributed by atoms with van der Waals surface area (Å²) >= 11 is 0. The van der Waals surface area contributed by atoms with Crippen molar-refractivity contribution in [1.82, 2.24) is 0 Å². The second kappa shape index (κ2) is 4.75. The normalized spacial score (nSPS) is 10.1. The molecular weight excluding hydrogens is 199 g/mol. The molecule has 1 heteroatoms. The fraction of sp³-hybridized carbons (Fsp3) is 0.0667. The molecule has 0 unspecified atom stereocenters. The number of hydrogen-bond acceptors (Lipinski definition) is 0.